The molecule has 2 heterocycles. The number of aromatic nitrogens is 3. The Morgan fingerprint density at radius 1 is 1.32 bits per heavy atom. The SMILES string of the molecule is CC1CC2C(=O)N(CCCc3ncn[nH]3)C(=O)C2C1. The van der Waals surface area contributed by atoms with Gasteiger partial charge in [0.25, 0.3) is 0 Å². The first kappa shape index (κ1) is 12.3. The summed E-state index contributed by atoms with van der Waals surface area (Å²) in [5.41, 5.74) is 0. The molecule has 1 N–H and O–H groups in total. The molecule has 102 valence electrons. The normalized spacial score (nSPS) is 30.2. The van der Waals surface area contributed by atoms with E-state index < -0.39 is 0 Å². The summed E-state index contributed by atoms with van der Waals surface area (Å²) in [7, 11) is 0. The number of hydrogen-bond acceptors (Lipinski definition) is 4. The number of likely N-dealkylation sites (tertiary alicyclic amines) is 1. The van der Waals surface area contributed by atoms with Crippen LogP contribution in [0.3, 0.4) is 0 Å². The van der Waals surface area contributed by atoms with E-state index in [4.69, 9.17) is 0 Å². The van der Waals surface area contributed by atoms with E-state index in [1.165, 1.54) is 11.2 Å². The van der Waals surface area contributed by atoms with E-state index in [0.29, 0.717) is 18.9 Å². The summed E-state index contributed by atoms with van der Waals surface area (Å²) in [6.07, 6.45) is 4.65. The quantitative estimate of drug-likeness (QED) is 0.813. The second-order valence-corrected chi connectivity index (χ2v) is 5.65. The van der Waals surface area contributed by atoms with Gasteiger partial charge in [0.15, 0.2) is 0 Å². The first-order chi connectivity index (χ1) is 9.16. The third-order valence-electron chi connectivity index (χ3n) is 4.22. The fourth-order valence-electron chi connectivity index (χ4n) is 3.32. The zero-order valence-corrected chi connectivity index (χ0v) is 11.0. The van der Waals surface area contributed by atoms with Crippen LogP contribution in [0.15, 0.2) is 6.33 Å². The number of H-pyrrole nitrogens is 1. The summed E-state index contributed by atoms with van der Waals surface area (Å²) in [5, 5.41) is 6.55. The van der Waals surface area contributed by atoms with Crippen molar-refractivity contribution < 1.29 is 9.59 Å². The van der Waals surface area contributed by atoms with Crippen LogP contribution in [-0.2, 0) is 16.0 Å². The molecule has 0 radical (unpaired) electrons. The molecule has 2 unspecified atom stereocenters. The molecule has 0 bridgehead atoms. The minimum atomic E-state index is -0.0484. The van der Waals surface area contributed by atoms with Gasteiger partial charge in [0.1, 0.15) is 12.2 Å². The molecule has 2 aliphatic rings. The predicted octanol–water partition coefficient (Wildman–Crippen LogP) is 0.768. The van der Waals surface area contributed by atoms with E-state index in [1.54, 1.807) is 0 Å². The van der Waals surface area contributed by atoms with Gasteiger partial charge in [-0.15, -0.1) is 0 Å². The highest BCUT2D eigenvalue weighted by Crippen LogP contribution is 2.42. The number of amides is 2. The highest BCUT2D eigenvalue weighted by atomic mass is 16.2. The van der Waals surface area contributed by atoms with E-state index in [0.717, 1.165) is 25.1 Å². The van der Waals surface area contributed by atoms with E-state index in [1.807, 2.05) is 0 Å². The Balaban J connectivity index is 1.57. The number of aryl methyl sites for hydroxylation is 1. The van der Waals surface area contributed by atoms with Gasteiger partial charge in [0.2, 0.25) is 11.8 Å². The minimum Gasteiger partial charge on any atom is -0.282 e. The number of imide groups is 1. The smallest absolute Gasteiger partial charge is 0.233 e. The number of hydrogen-bond donors (Lipinski definition) is 1. The third kappa shape index (κ3) is 2.15. The number of aromatic amines is 1. The second-order valence-electron chi connectivity index (χ2n) is 5.65. The largest absolute Gasteiger partial charge is 0.282 e. The molecule has 1 aromatic rings. The van der Waals surface area contributed by atoms with Gasteiger partial charge in [0, 0.05) is 13.0 Å². The van der Waals surface area contributed by atoms with E-state index in [-0.39, 0.29) is 23.7 Å². The van der Waals surface area contributed by atoms with Crippen LogP contribution in [0.1, 0.15) is 32.0 Å². The Hall–Kier alpha value is -1.72. The standard InChI is InChI=1S/C13H18N4O2/c1-8-5-9-10(6-8)13(19)17(12(9)18)4-2-3-11-14-7-15-16-11/h7-10H,2-6H2,1H3,(H,14,15,16). The Kier molecular flexibility index (Phi) is 3.08. The number of fused-ring (bicyclic) bond motifs is 1. The zero-order valence-electron chi connectivity index (χ0n) is 11.0. The van der Waals surface area contributed by atoms with E-state index in [9.17, 15) is 9.59 Å². The molecule has 1 aromatic heterocycles. The minimum absolute atomic E-state index is 0.0388. The Bertz CT molecular complexity index is 461. The van der Waals surface area contributed by atoms with Gasteiger partial charge in [0.05, 0.1) is 11.8 Å². The lowest BCUT2D eigenvalue weighted by Crippen LogP contribution is -2.33. The topological polar surface area (TPSA) is 79.0 Å². The molecule has 1 saturated carbocycles. The summed E-state index contributed by atoms with van der Waals surface area (Å²) in [4.78, 5) is 29.9. The summed E-state index contributed by atoms with van der Waals surface area (Å²) in [6, 6.07) is 0. The van der Waals surface area contributed by atoms with Gasteiger partial charge in [-0.25, -0.2) is 4.98 Å². The van der Waals surface area contributed by atoms with E-state index in [2.05, 4.69) is 22.1 Å². The molecule has 1 saturated heterocycles. The third-order valence-corrected chi connectivity index (χ3v) is 4.22. The van der Waals surface area contributed by atoms with Crippen molar-refractivity contribution >= 4 is 11.8 Å². The van der Waals surface area contributed by atoms with Crippen molar-refractivity contribution in [3.8, 4) is 0 Å². The maximum Gasteiger partial charge on any atom is 0.233 e. The van der Waals surface area contributed by atoms with Gasteiger partial charge in [-0.05, 0) is 25.2 Å². The highest BCUT2D eigenvalue weighted by molar-refractivity contribution is 6.05. The Labute approximate surface area is 111 Å². The molecule has 2 amide bonds. The first-order valence-electron chi connectivity index (χ1n) is 6.86. The molecule has 3 rings (SSSR count). The second kappa shape index (κ2) is 4.75. The lowest BCUT2D eigenvalue weighted by Gasteiger charge is -2.16. The van der Waals surface area contributed by atoms with Crippen LogP contribution in [0.25, 0.3) is 0 Å². The van der Waals surface area contributed by atoms with Crippen LogP contribution in [-0.4, -0.2) is 38.4 Å². The predicted molar refractivity (Wildman–Crippen MR) is 66.8 cm³/mol. The van der Waals surface area contributed by atoms with Crippen LogP contribution < -0.4 is 0 Å². The molecule has 0 spiro atoms. The summed E-state index contributed by atoms with van der Waals surface area (Å²) in [6.45, 7) is 2.62. The maximum atomic E-state index is 12.2. The lowest BCUT2D eigenvalue weighted by molar-refractivity contribution is -0.140. The number of nitrogens with one attached hydrogen (secondary N) is 1. The number of carbonyl (C=O) groups excluding carboxylic acids is 2. The molecule has 2 atom stereocenters. The zero-order chi connectivity index (χ0) is 13.4. The first-order valence-corrected chi connectivity index (χ1v) is 6.86. The monoisotopic (exact) mass is 262 g/mol. The molecule has 6 heteroatoms. The average molecular weight is 262 g/mol. The van der Waals surface area contributed by atoms with Crippen molar-refractivity contribution in [2.45, 2.75) is 32.6 Å². The van der Waals surface area contributed by atoms with Crippen molar-refractivity contribution in [1.82, 2.24) is 20.1 Å². The molecule has 6 nitrogen and oxygen atoms in total. The van der Waals surface area contributed by atoms with Crippen LogP contribution in [0.5, 0.6) is 0 Å². The molecule has 19 heavy (non-hydrogen) atoms. The summed E-state index contributed by atoms with van der Waals surface area (Å²) in [5.74, 6) is 1.28. The van der Waals surface area contributed by atoms with Gasteiger partial charge >= 0.3 is 0 Å². The fraction of sp³-hybridized carbons (Fsp3) is 0.692. The van der Waals surface area contributed by atoms with Crippen molar-refractivity contribution in [2.24, 2.45) is 17.8 Å². The van der Waals surface area contributed by atoms with E-state index >= 15 is 0 Å². The summed E-state index contributed by atoms with van der Waals surface area (Å²) >= 11 is 0. The van der Waals surface area contributed by atoms with Gasteiger partial charge < -0.3 is 0 Å². The van der Waals surface area contributed by atoms with Crippen LogP contribution in [0.4, 0.5) is 0 Å². The van der Waals surface area contributed by atoms with Crippen LogP contribution in [0.2, 0.25) is 0 Å². The van der Waals surface area contributed by atoms with Crippen LogP contribution in [0, 0.1) is 17.8 Å². The fourth-order valence-corrected chi connectivity index (χ4v) is 3.32. The van der Waals surface area contributed by atoms with Crippen molar-refractivity contribution in [3.05, 3.63) is 12.2 Å². The Morgan fingerprint density at radius 2 is 2.00 bits per heavy atom. The molecular formula is C13H18N4O2. The summed E-state index contributed by atoms with van der Waals surface area (Å²) < 4.78 is 0. The molecule has 0 aromatic carbocycles. The van der Waals surface area contributed by atoms with Crippen LogP contribution >= 0.6 is 0 Å². The Morgan fingerprint density at radius 3 is 2.58 bits per heavy atom. The highest BCUT2D eigenvalue weighted by Gasteiger charge is 2.51. The molecule has 1 aliphatic carbocycles. The van der Waals surface area contributed by atoms with Gasteiger partial charge in [-0.1, -0.05) is 6.92 Å². The van der Waals surface area contributed by atoms with Gasteiger partial charge in [-0.2, -0.15) is 5.10 Å². The maximum absolute atomic E-state index is 12.2. The molecule has 2 fully saturated rings. The number of nitrogens with zero attached hydrogens (tertiary/aromatic N) is 3. The van der Waals surface area contributed by atoms with Crippen molar-refractivity contribution in [2.75, 3.05) is 6.54 Å². The number of rotatable bonds is 4. The lowest BCUT2D eigenvalue weighted by atomic mass is 10.00. The number of carbonyl (C=O) groups is 2. The van der Waals surface area contributed by atoms with Gasteiger partial charge in [-0.3, -0.25) is 19.6 Å². The van der Waals surface area contributed by atoms with Crippen molar-refractivity contribution in [3.63, 3.8) is 0 Å². The molecular weight excluding hydrogens is 244 g/mol. The van der Waals surface area contributed by atoms with Crippen molar-refractivity contribution in [1.29, 1.82) is 0 Å². The average Bonchev–Trinajstić information content (AvgIpc) is 3.05. The molecule has 1 aliphatic heterocycles.